The Morgan fingerprint density at radius 2 is 1.72 bits per heavy atom. The average Bonchev–Trinajstić information content (AvgIpc) is 2.91. The number of hydrogen-bond acceptors (Lipinski definition) is 6. The Morgan fingerprint density at radius 3 is 2.49 bits per heavy atom. The molecular weight excluding hydrogens is 518 g/mol. The number of carbonyl (C=O) groups is 2. The molecule has 0 saturated heterocycles. The van der Waals surface area contributed by atoms with Crippen LogP contribution in [0.2, 0.25) is 5.02 Å². The summed E-state index contributed by atoms with van der Waals surface area (Å²) in [6, 6.07) is 22.2. The number of rotatable bonds is 5. The van der Waals surface area contributed by atoms with Crippen molar-refractivity contribution in [1.82, 2.24) is 9.80 Å². The zero-order valence-corrected chi connectivity index (χ0v) is 23.0. The van der Waals surface area contributed by atoms with Crippen LogP contribution in [-0.4, -0.2) is 67.1 Å². The van der Waals surface area contributed by atoms with Gasteiger partial charge in [0, 0.05) is 24.2 Å². The highest BCUT2D eigenvalue weighted by Gasteiger charge is 2.23. The van der Waals surface area contributed by atoms with Crippen molar-refractivity contribution < 1.29 is 23.8 Å². The maximum absolute atomic E-state index is 13.4. The Kier molecular flexibility index (Phi) is 10.2. The first-order valence-corrected chi connectivity index (χ1v) is 13.4. The molecule has 8 nitrogen and oxygen atoms in total. The Labute approximate surface area is 234 Å². The Bertz CT molecular complexity index is 1250. The molecule has 0 bridgehead atoms. The lowest BCUT2D eigenvalue weighted by atomic mass is 10.2. The zero-order chi connectivity index (χ0) is 27.6. The Morgan fingerprint density at radius 1 is 0.974 bits per heavy atom. The number of para-hydroxylation sites is 2. The summed E-state index contributed by atoms with van der Waals surface area (Å²) < 4.78 is 17.8. The van der Waals surface area contributed by atoms with Gasteiger partial charge in [0.25, 0.3) is 0 Å². The lowest BCUT2D eigenvalue weighted by Gasteiger charge is -2.30. The monoisotopic (exact) mass is 551 g/mol. The van der Waals surface area contributed by atoms with Crippen LogP contribution in [0.5, 0.6) is 17.2 Å². The van der Waals surface area contributed by atoms with E-state index in [1.54, 1.807) is 29.2 Å². The van der Waals surface area contributed by atoms with Gasteiger partial charge >= 0.3 is 0 Å². The van der Waals surface area contributed by atoms with E-state index in [2.05, 4.69) is 5.32 Å². The zero-order valence-electron chi connectivity index (χ0n) is 22.3. The molecule has 0 atom stereocenters. The topological polar surface area (TPSA) is 80.3 Å². The molecule has 206 valence electrons. The molecule has 3 aromatic rings. The molecule has 1 heterocycles. The van der Waals surface area contributed by atoms with Gasteiger partial charge in [-0.25, -0.2) is 0 Å². The van der Waals surface area contributed by atoms with Crippen LogP contribution >= 0.6 is 11.6 Å². The molecule has 3 aromatic carbocycles. The maximum atomic E-state index is 13.4. The number of fused-ring (bicyclic) bond motifs is 2. The van der Waals surface area contributed by atoms with Crippen LogP contribution in [0.4, 0.5) is 5.69 Å². The molecule has 0 unspecified atom stereocenters. The first kappa shape index (κ1) is 28.4. The quantitative estimate of drug-likeness (QED) is 0.468. The normalized spacial score (nSPS) is 15.0. The first-order valence-electron chi connectivity index (χ1n) is 13.0. The number of hydrogen-bond donors (Lipinski definition) is 1. The van der Waals surface area contributed by atoms with Crippen molar-refractivity contribution in [3.8, 4) is 17.2 Å². The fraction of sp³-hybridized carbons (Fsp3) is 0.333. The van der Waals surface area contributed by atoms with E-state index in [4.69, 9.17) is 25.8 Å². The van der Waals surface area contributed by atoms with E-state index < -0.39 is 0 Å². The van der Waals surface area contributed by atoms with Gasteiger partial charge in [0.1, 0.15) is 6.61 Å². The highest BCUT2D eigenvalue weighted by Crippen LogP contribution is 2.36. The molecule has 1 aliphatic heterocycles. The van der Waals surface area contributed by atoms with Gasteiger partial charge in [-0.1, -0.05) is 54.1 Å². The second-order valence-corrected chi connectivity index (χ2v) is 9.95. The average molecular weight is 552 g/mol. The summed E-state index contributed by atoms with van der Waals surface area (Å²) >= 11 is 6.24. The number of ether oxygens (including phenoxy) is 3. The molecule has 9 heteroatoms. The third-order valence-electron chi connectivity index (χ3n) is 6.19. The van der Waals surface area contributed by atoms with E-state index in [-0.39, 0.29) is 30.9 Å². The first-order chi connectivity index (χ1) is 18.9. The third-order valence-corrected chi connectivity index (χ3v) is 6.42. The van der Waals surface area contributed by atoms with Crippen molar-refractivity contribution in [2.45, 2.75) is 26.4 Å². The second-order valence-electron chi connectivity index (χ2n) is 9.51. The largest absolute Gasteiger partial charge is 0.487 e. The second kappa shape index (κ2) is 14.0. The van der Waals surface area contributed by atoms with Crippen molar-refractivity contribution in [2.75, 3.05) is 44.8 Å². The molecule has 0 fully saturated rings. The van der Waals surface area contributed by atoms with E-state index in [0.29, 0.717) is 60.9 Å². The van der Waals surface area contributed by atoms with Crippen LogP contribution in [-0.2, 0) is 20.9 Å². The molecule has 1 aliphatic rings. The summed E-state index contributed by atoms with van der Waals surface area (Å²) in [5.41, 5.74) is 1.47. The molecule has 0 saturated carbocycles. The number of nitrogens with zero attached hydrogens (tertiary/aromatic N) is 2. The number of benzene rings is 3. The molecule has 0 spiro atoms. The smallest absolute Gasteiger partial charge is 0.238 e. The molecule has 0 radical (unpaired) electrons. The van der Waals surface area contributed by atoms with Gasteiger partial charge in [-0.05, 0) is 49.7 Å². The number of amides is 2. The van der Waals surface area contributed by atoms with Gasteiger partial charge in [0.15, 0.2) is 17.2 Å². The SMILES string of the molecule is CC(C)N(Cc1ccccc1)C(=O)CN1CCOCCOc2ccccc2Oc2ccc(Cl)cc2NC(=O)C1. The molecule has 0 aromatic heterocycles. The van der Waals surface area contributed by atoms with E-state index in [0.717, 1.165) is 5.56 Å². The van der Waals surface area contributed by atoms with Crippen LogP contribution in [0.1, 0.15) is 19.4 Å². The molecule has 1 N–H and O–H groups in total. The number of halogens is 1. The van der Waals surface area contributed by atoms with Crippen molar-refractivity contribution >= 4 is 29.1 Å². The summed E-state index contributed by atoms with van der Waals surface area (Å²) in [5.74, 6) is 1.12. The Hall–Kier alpha value is -3.59. The van der Waals surface area contributed by atoms with E-state index in [9.17, 15) is 9.59 Å². The van der Waals surface area contributed by atoms with Crippen molar-refractivity contribution in [2.24, 2.45) is 0 Å². The minimum atomic E-state index is -0.298. The van der Waals surface area contributed by atoms with Crippen LogP contribution < -0.4 is 14.8 Å². The fourth-order valence-corrected chi connectivity index (χ4v) is 4.37. The van der Waals surface area contributed by atoms with E-state index in [1.807, 2.05) is 67.3 Å². The minimum Gasteiger partial charge on any atom is -0.487 e. The van der Waals surface area contributed by atoms with Crippen LogP contribution in [0.3, 0.4) is 0 Å². The summed E-state index contributed by atoms with van der Waals surface area (Å²) in [7, 11) is 0. The minimum absolute atomic E-state index is 0.00353. The van der Waals surface area contributed by atoms with Gasteiger partial charge in [0.2, 0.25) is 11.8 Å². The fourth-order valence-electron chi connectivity index (χ4n) is 4.20. The standard InChI is InChI=1S/C30H34ClN3O5/c1-22(2)34(19-23-8-4-3-5-9-23)30(36)21-33-14-15-37-16-17-38-27-10-6-7-11-28(27)39-26-13-12-24(31)18-25(26)32-29(35)20-33/h3-13,18,22H,14-17,19-21H2,1-2H3,(H,32,35). The lowest BCUT2D eigenvalue weighted by Crippen LogP contribution is -2.46. The summed E-state index contributed by atoms with van der Waals surface area (Å²) in [6.45, 7) is 5.94. The molecule has 39 heavy (non-hydrogen) atoms. The summed E-state index contributed by atoms with van der Waals surface area (Å²) in [6.07, 6.45) is 0. The predicted molar refractivity (Wildman–Crippen MR) is 151 cm³/mol. The predicted octanol–water partition coefficient (Wildman–Crippen LogP) is 5.22. The van der Waals surface area contributed by atoms with Gasteiger partial charge in [-0.3, -0.25) is 14.5 Å². The van der Waals surface area contributed by atoms with Crippen LogP contribution in [0.25, 0.3) is 0 Å². The summed E-state index contributed by atoms with van der Waals surface area (Å²) in [4.78, 5) is 30.2. The summed E-state index contributed by atoms with van der Waals surface area (Å²) in [5, 5.41) is 3.35. The van der Waals surface area contributed by atoms with Gasteiger partial charge in [-0.2, -0.15) is 0 Å². The van der Waals surface area contributed by atoms with Crippen molar-refractivity contribution in [3.63, 3.8) is 0 Å². The number of carbonyl (C=O) groups excluding carboxylic acids is 2. The van der Waals surface area contributed by atoms with Crippen LogP contribution in [0.15, 0.2) is 72.8 Å². The van der Waals surface area contributed by atoms with Gasteiger partial charge in [0.05, 0.1) is 32.0 Å². The Balaban J connectivity index is 1.52. The number of anilines is 1. The van der Waals surface area contributed by atoms with E-state index in [1.165, 1.54) is 0 Å². The van der Waals surface area contributed by atoms with Gasteiger partial charge in [-0.15, -0.1) is 0 Å². The molecular formula is C30H34ClN3O5. The maximum Gasteiger partial charge on any atom is 0.238 e. The number of nitrogens with one attached hydrogen (secondary N) is 1. The molecule has 2 amide bonds. The van der Waals surface area contributed by atoms with E-state index >= 15 is 0 Å². The van der Waals surface area contributed by atoms with Crippen molar-refractivity contribution in [1.29, 1.82) is 0 Å². The lowest BCUT2D eigenvalue weighted by molar-refractivity contribution is -0.135. The van der Waals surface area contributed by atoms with Gasteiger partial charge < -0.3 is 24.4 Å². The third kappa shape index (κ3) is 8.45. The highest BCUT2D eigenvalue weighted by atomic mass is 35.5. The molecule has 0 aliphatic carbocycles. The van der Waals surface area contributed by atoms with Crippen molar-refractivity contribution in [3.05, 3.63) is 83.4 Å². The molecule has 4 rings (SSSR count). The highest BCUT2D eigenvalue weighted by molar-refractivity contribution is 6.31. The van der Waals surface area contributed by atoms with Crippen LogP contribution in [0, 0.1) is 0 Å².